The molecular weight excluding hydrogens is 493 g/mol. The molecule has 8 heteroatoms. The van der Waals surface area contributed by atoms with E-state index in [-0.39, 0.29) is 36.0 Å². The third-order valence-electron chi connectivity index (χ3n) is 5.57. The van der Waals surface area contributed by atoms with Gasteiger partial charge in [0.05, 0.1) is 12.2 Å². The minimum atomic E-state index is -0.235. The van der Waals surface area contributed by atoms with E-state index in [2.05, 4.69) is 34.3 Å². The minimum Gasteiger partial charge on any atom is -0.368 e. The highest BCUT2D eigenvalue weighted by atomic mass is 127. The zero-order valence-corrected chi connectivity index (χ0v) is 19.7. The van der Waals surface area contributed by atoms with Crippen LogP contribution in [0.2, 0.25) is 0 Å². The van der Waals surface area contributed by atoms with E-state index in [0.717, 1.165) is 49.5 Å². The molecule has 2 aliphatic rings. The molecule has 0 radical (unpaired) electrons. The Morgan fingerprint density at radius 1 is 1.20 bits per heavy atom. The number of rotatable bonds is 4. The summed E-state index contributed by atoms with van der Waals surface area (Å²) in [5.41, 5.74) is 0.977. The number of pyridine rings is 1. The van der Waals surface area contributed by atoms with Crippen molar-refractivity contribution in [2.24, 2.45) is 4.99 Å². The lowest BCUT2D eigenvalue weighted by Gasteiger charge is -2.37. The van der Waals surface area contributed by atoms with Gasteiger partial charge in [-0.2, -0.15) is 0 Å². The van der Waals surface area contributed by atoms with Crippen LogP contribution in [-0.2, 0) is 16.1 Å². The molecule has 1 atom stereocenters. The third kappa shape index (κ3) is 5.21. The number of aliphatic imine (C=N–C) groups is 1. The molecule has 0 saturated carbocycles. The van der Waals surface area contributed by atoms with E-state index < -0.39 is 0 Å². The van der Waals surface area contributed by atoms with E-state index >= 15 is 0 Å². The molecular formula is C22H30IN5O2. The number of hydrogen-bond acceptors (Lipinski definition) is 4. The van der Waals surface area contributed by atoms with Crippen molar-refractivity contribution in [1.29, 1.82) is 0 Å². The maximum atomic E-state index is 12.6. The number of benzene rings is 1. The minimum absolute atomic E-state index is 0. The van der Waals surface area contributed by atoms with Crippen molar-refractivity contribution in [2.45, 2.75) is 32.4 Å². The Labute approximate surface area is 194 Å². The third-order valence-corrected chi connectivity index (χ3v) is 5.57. The SMILES string of the molecule is CCNC(=NCc1nccc2ccccc12)N1CCN(C(=O)C2CCCO2)CC1.I. The monoisotopic (exact) mass is 523 g/mol. The fourth-order valence-corrected chi connectivity index (χ4v) is 4.00. The maximum absolute atomic E-state index is 12.6. The van der Waals surface area contributed by atoms with Gasteiger partial charge in [0.2, 0.25) is 0 Å². The number of carbonyl (C=O) groups excluding carboxylic acids is 1. The number of hydrogen-bond donors (Lipinski definition) is 1. The molecule has 30 heavy (non-hydrogen) atoms. The highest BCUT2D eigenvalue weighted by Gasteiger charge is 2.30. The van der Waals surface area contributed by atoms with Gasteiger partial charge in [-0.25, -0.2) is 4.99 Å². The number of halogens is 1. The lowest BCUT2D eigenvalue weighted by atomic mass is 10.1. The largest absolute Gasteiger partial charge is 0.368 e. The number of piperazine rings is 1. The second kappa shape index (κ2) is 10.9. The van der Waals surface area contributed by atoms with Crippen LogP contribution in [0.5, 0.6) is 0 Å². The van der Waals surface area contributed by atoms with Gasteiger partial charge < -0.3 is 19.9 Å². The summed E-state index contributed by atoms with van der Waals surface area (Å²) >= 11 is 0. The fraction of sp³-hybridized carbons (Fsp3) is 0.500. The zero-order valence-electron chi connectivity index (χ0n) is 17.4. The van der Waals surface area contributed by atoms with Crippen LogP contribution >= 0.6 is 24.0 Å². The van der Waals surface area contributed by atoms with Gasteiger partial charge in [-0.05, 0) is 31.2 Å². The summed E-state index contributed by atoms with van der Waals surface area (Å²) < 4.78 is 5.56. The lowest BCUT2D eigenvalue weighted by Crippen LogP contribution is -2.55. The van der Waals surface area contributed by atoms with Gasteiger partial charge >= 0.3 is 0 Å². The number of ether oxygens (including phenoxy) is 1. The number of nitrogens with zero attached hydrogens (tertiary/aromatic N) is 4. The predicted molar refractivity (Wildman–Crippen MR) is 129 cm³/mol. The summed E-state index contributed by atoms with van der Waals surface area (Å²) in [7, 11) is 0. The van der Waals surface area contributed by atoms with Crippen molar-refractivity contribution >= 4 is 46.6 Å². The summed E-state index contributed by atoms with van der Waals surface area (Å²) in [5, 5.41) is 5.71. The van der Waals surface area contributed by atoms with Crippen LogP contribution in [0, 0.1) is 0 Å². The molecule has 1 aromatic heterocycles. The fourth-order valence-electron chi connectivity index (χ4n) is 4.00. The molecule has 1 aromatic carbocycles. The van der Waals surface area contributed by atoms with Crippen LogP contribution in [-0.4, -0.2) is 72.1 Å². The van der Waals surface area contributed by atoms with Crippen molar-refractivity contribution < 1.29 is 9.53 Å². The Bertz CT molecular complexity index is 871. The Hall–Kier alpha value is -1.94. The summed E-state index contributed by atoms with van der Waals surface area (Å²) in [6.45, 7) is 7.06. The number of guanidine groups is 1. The lowest BCUT2D eigenvalue weighted by molar-refractivity contribution is -0.142. The van der Waals surface area contributed by atoms with Crippen LogP contribution in [0.4, 0.5) is 0 Å². The molecule has 3 heterocycles. The van der Waals surface area contributed by atoms with E-state index in [4.69, 9.17) is 9.73 Å². The highest BCUT2D eigenvalue weighted by molar-refractivity contribution is 14.0. The van der Waals surface area contributed by atoms with Gasteiger partial charge in [-0.1, -0.05) is 24.3 Å². The highest BCUT2D eigenvalue weighted by Crippen LogP contribution is 2.18. The van der Waals surface area contributed by atoms with Crippen LogP contribution in [0.3, 0.4) is 0 Å². The van der Waals surface area contributed by atoms with Crippen molar-refractivity contribution in [1.82, 2.24) is 20.1 Å². The van der Waals surface area contributed by atoms with Crippen molar-refractivity contribution in [3.8, 4) is 0 Å². The maximum Gasteiger partial charge on any atom is 0.251 e. The molecule has 1 N–H and O–H groups in total. The normalized spacial score (nSPS) is 19.6. The van der Waals surface area contributed by atoms with Gasteiger partial charge in [0.25, 0.3) is 5.91 Å². The molecule has 162 valence electrons. The van der Waals surface area contributed by atoms with E-state index in [0.29, 0.717) is 26.2 Å². The van der Waals surface area contributed by atoms with Crippen molar-refractivity contribution in [3.63, 3.8) is 0 Å². The first-order valence-electron chi connectivity index (χ1n) is 10.5. The number of amides is 1. The summed E-state index contributed by atoms with van der Waals surface area (Å²) in [6, 6.07) is 10.3. The quantitative estimate of drug-likeness (QED) is 0.379. The number of carbonyl (C=O) groups is 1. The second-order valence-corrected chi connectivity index (χ2v) is 7.46. The van der Waals surface area contributed by atoms with E-state index in [1.54, 1.807) is 0 Å². The predicted octanol–water partition coefficient (Wildman–Crippen LogP) is 2.64. The first-order chi connectivity index (χ1) is 14.3. The molecule has 4 rings (SSSR count). The van der Waals surface area contributed by atoms with Gasteiger partial charge in [-0.15, -0.1) is 24.0 Å². The molecule has 2 aliphatic heterocycles. The molecule has 0 aliphatic carbocycles. The zero-order chi connectivity index (χ0) is 20.1. The standard InChI is InChI=1S/C22H29N5O2.HI/c1-2-23-22(25-16-19-18-7-4-3-6-17(18)9-10-24-19)27-13-11-26(12-14-27)21(28)20-8-5-15-29-20;/h3-4,6-7,9-10,20H,2,5,8,11-16H2,1H3,(H,23,25);1H. The van der Waals surface area contributed by atoms with Crippen LogP contribution in [0.15, 0.2) is 41.5 Å². The van der Waals surface area contributed by atoms with Gasteiger partial charge in [0.15, 0.2) is 5.96 Å². The molecule has 2 saturated heterocycles. The van der Waals surface area contributed by atoms with Crippen LogP contribution < -0.4 is 5.32 Å². The van der Waals surface area contributed by atoms with Crippen molar-refractivity contribution in [2.75, 3.05) is 39.3 Å². The van der Waals surface area contributed by atoms with Gasteiger partial charge in [0, 0.05) is 50.9 Å². The van der Waals surface area contributed by atoms with E-state index in [1.807, 2.05) is 29.3 Å². The van der Waals surface area contributed by atoms with Crippen LogP contribution in [0.1, 0.15) is 25.5 Å². The molecule has 1 unspecified atom stereocenters. The Morgan fingerprint density at radius 2 is 1.97 bits per heavy atom. The van der Waals surface area contributed by atoms with Gasteiger partial charge in [0.1, 0.15) is 6.10 Å². The number of nitrogens with one attached hydrogen (secondary N) is 1. The summed E-state index contributed by atoms with van der Waals surface area (Å²) in [5.74, 6) is 1.02. The Kier molecular flexibility index (Phi) is 8.26. The smallest absolute Gasteiger partial charge is 0.251 e. The molecule has 7 nitrogen and oxygen atoms in total. The van der Waals surface area contributed by atoms with Crippen LogP contribution in [0.25, 0.3) is 10.8 Å². The Morgan fingerprint density at radius 3 is 2.70 bits per heavy atom. The first kappa shape index (κ1) is 22.7. The van der Waals surface area contributed by atoms with E-state index in [9.17, 15) is 4.79 Å². The molecule has 0 spiro atoms. The average molecular weight is 523 g/mol. The topological polar surface area (TPSA) is 70.1 Å². The second-order valence-electron chi connectivity index (χ2n) is 7.46. The number of fused-ring (bicyclic) bond motifs is 1. The van der Waals surface area contributed by atoms with Crippen molar-refractivity contribution in [3.05, 3.63) is 42.2 Å². The molecule has 1 amide bonds. The number of aromatic nitrogens is 1. The molecule has 2 fully saturated rings. The molecule has 2 aromatic rings. The molecule has 0 bridgehead atoms. The van der Waals surface area contributed by atoms with Gasteiger partial charge in [-0.3, -0.25) is 9.78 Å². The van der Waals surface area contributed by atoms with E-state index in [1.165, 1.54) is 5.39 Å². The summed E-state index contributed by atoms with van der Waals surface area (Å²) in [4.78, 5) is 26.1. The summed E-state index contributed by atoms with van der Waals surface area (Å²) in [6.07, 6.45) is 3.44. The average Bonchev–Trinajstić information content (AvgIpc) is 3.31. The first-order valence-corrected chi connectivity index (χ1v) is 10.5. The Balaban J connectivity index is 0.00000256.